The van der Waals surface area contributed by atoms with E-state index in [1.54, 1.807) is 62.4 Å². The molecule has 0 bridgehead atoms. The van der Waals surface area contributed by atoms with E-state index < -0.39 is 17.2 Å². The standard InChI is InChI=1S/C24H29NO3.ClH/c1-5-25(6-2)19-13-18-23(3,4)28-22(26)24(27,20-14-9-7-10-15-20)21-16-11-8-12-17-21;/h7-12,14-17,27H,5-6,19H2,1-4H3;1H. The maximum absolute atomic E-state index is 13.1. The molecule has 0 fully saturated rings. The number of hydrogen-bond donors (Lipinski definition) is 1. The van der Waals surface area contributed by atoms with Crippen LogP contribution in [0.5, 0.6) is 0 Å². The van der Waals surface area contributed by atoms with Crippen LogP contribution < -0.4 is 0 Å². The van der Waals surface area contributed by atoms with E-state index in [4.69, 9.17) is 4.74 Å². The predicted octanol–water partition coefficient (Wildman–Crippen LogP) is 4.01. The van der Waals surface area contributed by atoms with Crippen molar-refractivity contribution in [2.75, 3.05) is 19.6 Å². The third-order valence-corrected chi connectivity index (χ3v) is 4.61. The summed E-state index contributed by atoms with van der Waals surface area (Å²) in [5, 5.41) is 11.4. The molecule has 0 aliphatic rings. The van der Waals surface area contributed by atoms with Crippen LogP contribution in [0.25, 0.3) is 0 Å². The number of rotatable bonds is 7. The smallest absolute Gasteiger partial charge is 0.349 e. The number of esters is 1. The first-order chi connectivity index (χ1) is 13.3. The molecule has 0 saturated carbocycles. The summed E-state index contributed by atoms with van der Waals surface area (Å²) in [7, 11) is 0. The maximum Gasteiger partial charge on any atom is 0.349 e. The number of carbonyl (C=O) groups excluding carboxylic acids is 1. The Balaban J connectivity index is 0.00000420. The fraction of sp³-hybridized carbons (Fsp3) is 0.375. The Kier molecular flexibility index (Phi) is 9.39. The number of carbonyl (C=O) groups is 1. The average Bonchev–Trinajstić information content (AvgIpc) is 2.71. The molecule has 0 saturated heterocycles. The van der Waals surface area contributed by atoms with Gasteiger partial charge in [-0.3, -0.25) is 4.90 Å². The first-order valence-corrected chi connectivity index (χ1v) is 9.62. The van der Waals surface area contributed by atoms with Crippen molar-refractivity contribution >= 4 is 18.4 Å². The molecule has 2 aromatic rings. The summed E-state index contributed by atoms with van der Waals surface area (Å²) in [5.74, 6) is 5.36. The number of hydrogen-bond acceptors (Lipinski definition) is 4. The van der Waals surface area contributed by atoms with Gasteiger partial charge < -0.3 is 9.84 Å². The summed E-state index contributed by atoms with van der Waals surface area (Å²) >= 11 is 0. The van der Waals surface area contributed by atoms with E-state index in [9.17, 15) is 9.90 Å². The summed E-state index contributed by atoms with van der Waals surface area (Å²) in [6.45, 7) is 10.1. The minimum atomic E-state index is -1.90. The molecule has 2 aromatic carbocycles. The molecule has 1 N–H and O–H groups in total. The van der Waals surface area contributed by atoms with Crippen molar-refractivity contribution in [1.82, 2.24) is 4.90 Å². The SMILES string of the molecule is CCN(CC)CC#CC(C)(C)OC(=O)C(O)(c1ccccc1)c1ccccc1.Cl. The molecule has 0 aliphatic carbocycles. The Hall–Kier alpha value is -2.32. The molecule has 0 heterocycles. The molecule has 2 rings (SSSR count). The molecule has 0 aliphatic heterocycles. The number of benzene rings is 2. The zero-order chi connectivity index (χ0) is 20.6. The highest BCUT2D eigenvalue weighted by Crippen LogP contribution is 2.32. The fourth-order valence-electron chi connectivity index (χ4n) is 2.90. The van der Waals surface area contributed by atoms with Gasteiger partial charge in [0.15, 0.2) is 5.60 Å². The van der Waals surface area contributed by atoms with Crippen molar-refractivity contribution in [3.8, 4) is 11.8 Å². The summed E-state index contributed by atoms with van der Waals surface area (Å²) < 4.78 is 5.68. The van der Waals surface area contributed by atoms with Crippen molar-refractivity contribution in [1.29, 1.82) is 0 Å². The molecule has 156 valence electrons. The largest absolute Gasteiger partial charge is 0.444 e. The second kappa shape index (κ2) is 11.0. The number of halogens is 1. The minimum Gasteiger partial charge on any atom is -0.444 e. The van der Waals surface area contributed by atoms with E-state index >= 15 is 0 Å². The Labute approximate surface area is 180 Å². The number of nitrogens with zero attached hydrogens (tertiary/aromatic N) is 1. The van der Waals surface area contributed by atoms with Crippen LogP contribution in [-0.2, 0) is 15.1 Å². The van der Waals surface area contributed by atoms with Crippen molar-refractivity contribution in [3.63, 3.8) is 0 Å². The van der Waals surface area contributed by atoms with Crippen molar-refractivity contribution < 1.29 is 14.6 Å². The summed E-state index contributed by atoms with van der Waals surface area (Å²) in [6.07, 6.45) is 0. The highest BCUT2D eigenvalue weighted by molar-refractivity contribution is 5.86. The van der Waals surface area contributed by atoms with E-state index in [2.05, 4.69) is 30.6 Å². The molecular formula is C24H30ClNO3. The van der Waals surface area contributed by atoms with Crippen LogP contribution in [0, 0.1) is 11.8 Å². The van der Waals surface area contributed by atoms with Gasteiger partial charge in [-0.05, 0) is 38.1 Å². The van der Waals surface area contributed by atoms with E-state index in [0.29, 0.717) is 17.7 Å². The van der Waals surface area contributed by atoms with Gasteiger partial charge in [0.25, 0.3) is 0 Å². The Morgan fingerprint density at radius 2 is 1.41 bits per heavy atom. The molecular weight excluding hydrogens is 386 g/mol. The van der Waals surface area contributed by atoms with E-state index in [1.165, 1.54) is 0 Å². The van der Waals surface area contributed by atoms with Gasteiger partial charge in [-0.25, -0.2) is 4.79 Å². The highest BCUT2D eigenvalue weighted by Gasteiger charge is 2.43. The quantitative estimate of drug-likeness (QED) is 0.548. The molecule has 5 heteroatoms. The second-order valence-corrected chi connectivity index (χ2v) is 7.11. The normalized spacial score (nSPS) is 11.2. The van der Waals surface area contributed by atoms with Crippen LogP contribution >= 0.6 is 12.4 Å². The first kappa shape index (κ1) is 24.7. The molecule has 0 radical (unpaired) electrons. The van der Waals surface area contributed by atoms with Gasteiger partial charge in [-0.1, -0.05) is 86.4 Å². The predicted molar refractivity (Wildman–Crippen MR) is 119 cm³/mol. The topological polar surface area (TPSA) is 49.8 Å². The fourth-order valence-corrected chi connectivity index (χ4v) is 2.90. The van der Waals surface area contributed by atoms with Gasteiger partial charge in [-0.15, -0.1) is 12.4 Å². The lowest BCUT2D eigenvalue weighted by molar-refractivity contribution is -0.170. The van der Waals surface area contributed by atoms with Crippen molar-refractivity contribution in [3.05, 3.63) is 71.8 Å². The molecule has 29 heavy (non-hydrogen) atoms. The number of ether oxygens (including phenoxy) is 1. The van der Waals surface area contributed by atoms with Crippen LogP contribution in [0.2, 0.25) is 0 Å². The van der Waals surface area contributed by atoms with Crippen LogP contribution in [0.3, 0.4) is 0 Å². The van der Waals surface area contributed by atoms with Gasteiger partial charge >= 0.3 is 5.97 Å². The zero-order valence-electron chi connectivity index (χ0n) is 17.5. The lowest BCUT2D eigenvalue weighted by Gasteiger charge is -2.30. The monoisotopic (exact) mass is 415 g/mol. The third kappa shape index (κ3) is 6.33. The van der Waals surface area contributed by atoms with Crippen LogP contribution in [0.1, 0.15) is 38.8 Å². The van der Waals surface area contributed by atoms with Crippen molar-refractivity contribution in [2.24, 2.45) is 0 Å². The molecule has 0 amide bonds. The maximum atomic E-state index is 13.1. The lowest BCUT2D eigenvalue weighted by atomic mass is 9.86. The Morgan fingerprint density at radius 1 is 0.966 bits per heavy atom. The molecule has 0 spiro atoms. The van der Waals surface area contributed by atoms with Gasteiger partial charge in [0.1, 0.15) is 0 Å². The average molecular weight is 416 g/mol. The molecule has 0 atom stereocenters. The van der Waals surface area contributed by atoms with Crippen LogP contribution in [0.4, 0.5) is 0 Å². The summed E-state index contributed by atoms with van der Waals surface area (Å²) in [5.41, 5.74) is -2.02. The zero-order valence-corrected chi connectivity index (χ0v) is 18.3. The van der Waals surface area contributed by atoms with E-state index in [-0.39, 0.29) is 12.4 Å². The lowest BCUT2D eigenvalue weighted by Crippen LogP contribution is -2.42. The van der Waals surface area contributed by atoms with Gasteiger partial charge in [0.05, 0.1) is 6.54 Å². The Bertz CT molecular complexity index is 782. The van der Waals surface area contributed by atoms with Crippen LogP contribution in [-0.4, -0.2) is 41.2 Å². The van der Waals surface area contributed by atoms with Gasteiger partial charge in [0, 0.05) is 0 Å². The van der Waals surface area contributed by atoms with Gasteiger partial charge in [-0.2, -0.15) is 0 Å². The minimum absolute atomic E-state index is 0. The van der Waals surface area contributed by atoms with Crippen molar-refractivity contribution in [2.45, 2.75) is 38.9 Å². The van der Waals surface area contributed by atoms with E-state index in [1.807, 2.05) is 12.1 Å². The number of aliphatic hydroxyl groups is 1. The molecule has 4 nitrogen and oxygen atoms in total. The molecule has 0 unspecified atom stereocenters. The highest BCUT2D eigenvalue weighted by atomic mass is 35.5. The molecule has 0 aromatic heterocycles. The first-order valence-electron chi connectivity index (χ1n) is 9.62. The van der Waals surface area contributed by atoms with E-state index in [0.717, 1.165) is 13.1 Å². The van der Waals surface area contributed by atoms with Crippen LogP contribution in [0.15, 0.2) is 60.7 Å². The third-order valence-electron chi connectivity index (χ3n) is 4.61. The van der Waals surface area contributed by atoms with Gasteiger partial charge in [0.2, 0.25) is 5.60 Å². The summed E-state index contributed by atoms with van der Waals surface area (Å²) in [6, 6.07) is 17.7. The Morgan fingerprint density at radius 3 is 1.83 bits per heavy atom. The second-order valence-electron chi connectivity index (χ2n) is 7.11. The summed E-state index contributed by atoms with van der Waals surface area (Å²) in [4.78, 5) is 15.3.